The second-order valence-corrected chi connectivity index (χ2v) is 3.19. The monoisotopic (exact) mass is 179 g/mol. The second-order valence-electron chi connectivity index (χ2n) is 3.19. The van der Waals surface area contributed by atoms with Crippen LogP contribution in [0.5, 0.6) is 0 Å². The van der Waals surface area contributed by atoms with Crippen LogP contribution >= 0.6 is 0 Å². The lowest BCUT2D eigenvalue weighted by molar-refractivity contribution is -0.385. The minimum atomic E-state index is -0.519. The van der Waals surface area contributed by atoms with E-state index < -0.39 is 11.0 Å². The minimum Gasteiger partial charge on any atom is -0.388 e. The van der Waals surface area contributed by atoms with Gasteiger partial charge in [0.1, 0.15) is 0 Å². The van der Waals surface area contributed by atoms with Crippen LogP contribution < -0.4 is 0 Å². The summed E-state index contributed by atoms with van der Waals surface area (Å²) in [5.74, 6) is 0. The third kappa shape index (κ3) is 1.29. The van der Waals surface area contributed by atoms with Gasteiger partial charge in [-0.2, -0.15) is 0 Å². The predicted octanol–water partition coefficient (Wildman–Crippen LogP) is 1.57. The van der Waals surface area contributed by atoms with Crippen LogP contribution in [0.25, 0.3) is 0 Å². The van der Waals surface area contributed by atoms with Crippen LogP contribution in [-0.4, -0.2) is 10.0 Å². The molecule has 0 fully saturated rings. The molecule has 0 aliphatic heterocycles. The Bertz CT molecular complexity index is 362. The van der Waals surface area contributed by atoms with Crippen LogP contribution in [0.2, 0.25) is 0 Å². The highest BCUT2D eigenvalue weighted by Gasteiger charge is 2.22. The summed E-state index contributed by atoms with van der Waals surface area (Å²) in [6.45, 7) is 0. The van der Waals surface area contributed by atoms with E-state index in [4.69, 9.17) is 0 Å². The molecule has 1 atom stereocenters. The van der Waals surface area contributed by atoms with Gasteiger partial charge in [-0.25, -0.2) is 0 Å². The molecule has 1 N–H and O–H groups in total. The summed E-state index contributed by atoms with van der Waals surface area (Å²) in [5, 5.41) is 19.9. The van der Waals surface area contributed by atoms with Crippen molar-refractivity contribution in [3.63, 3.8) is 0 Å². The van der Waals surface area contributed by atoms with Crippen molar-refractivity contribution in [2.75, 3.05) is 0 Å². The highest BCUT2D eigenvalue weighted by molar-refractivity contribution is 5.43. The molecule has 2 rings (SSSR count). The first-order valence-electron chi connectivity index (χ1n) is 4.14. The Morgan fingerprint density at radius 2 is 2.31 bits per heavy atom. The van der Waals surface area contributed by atoms with Crippen molar-refractivity contribution in [1.29, 1.82) is 0 Å². The maximum atomic E-state index is 10.4. The molecule has 0 bridgehead atoms. The molecule has 0 amide bonds. The SMILES string of the molecule is O=[N+]([O-])c1ccc2c(c1)[C@H](O)CC2. The van der Waals surface area contributed by atoms with Crippen LogP contribution in [0.4, 0.5) is 5.69 Å². The van der Waals surface area contributed by atoms with Gasteiger partial charge < -0.3 is 5.11 Å². The third-order valence-corrected chi connectivity index (χ3v) is 2.39. The van der Waals surface area contributed by atoms with Crippen molar-refractivity contribution < 1.29 is 10.0 Å². The van der Waals surface area contributed by atoms with Gasteiger partial charge in [0.15, 0.2) is 0 Å². The minimum absolute atomic E-state index is 0.0553. The molecule has 0 saturated heterocycles. The fourth-order valence-corrected chi connectivity index (χ4v) is 1.68. The third-order valence-electron chi connectivity index (χ3n) is 2.39. The number of hydrogen-bond acceptors (Lipinski definition) is 3. The number of rotatable bonds is 1. The van der Waals surface area contributed by atoms with Crippen LogP contribution in [0.1, 0.15) is 23.7 Å². The van der Waals surface area contributed by atoms with Gasteiger partial charge in [-0.15, -0.1) is 0 Å². The molecule has 1 aliphatic carbocycles. The van der Waals surface area contributed by atoms with E-state index in [1.54, 1.807) is 6.07 Å². The predicted molar refractivity (Wildman–Crippen MR) is 46.4 cm³/mol. The lowest BCUT2D eigenvalue weighted by Gasteiger charge is -2.02. The summed E-state index contributed by atoms with van der Waals surface area (Å²) in [5.41, 5.74) is 1.80. The van der Waals surface area contributed by atoms with E-state index in [9.17, 15) is 15.2 Å². The molecule has 4 nitrogen and oxygen atoms in total. The second kappa shape index (κ2) is 2.81. The zero-order valence-corrected chi connectivity index (χ0v) is 6.93. The van der Waals surface area contributed by atoms with Crippen molar-refractivity contribution in [3.05, 3.63) is 39.4 Å². The molecular formula is C9H9NO3. The summed E-state index contributed by atoms with van der Waals surface area (Å²) in [6, 6.07) is 4.67. The zero-order chi connectivity index (χ0) is 9.42. The van der Waals surface area contributed by atoms with E-state index in [0.29, 0.717) is 12.0 Å². The average molecular weight is 179 g/mol. The van der Waals surface area contributed by atoms with Gasteiger partial charge in [-0.3, -0.25) is 10.1 Å². The van der Waals surface area contributed by atoms with Gasteiger partial charge in [-0.05, 0) is 24.0 Å². The van der Waals surface area contributed by atoms with Crippen molar-refractivity contribution in [2.45, 2.75) is 18.9 Å². The Kier molecular flexibility index (Phi) is 1.77. The molecule has 4 heteroatoms. The fraction of sp³-hybridized carbons (Fsp3) is 0.333. The molecule has 1 aliphatic rings. The van der Waals surface area contributed by atoms with E-state index in [-0.39, 0.29) is 5.69 Å². The molecule has 0 unspecified atom stereocenters. The Balaban J connectivity index is 2.47. The molecule has 0 saturated carbocycles. The van der Waals surface area contributed by atoms with Gasteiger partial charge in [0.2, 0.25) is 0 Å². The Morgan fingerprint density at radius 3 is 3.00 bits per heavy atom. The van der Waals surface area contributed by atoms with Crippen molar-refractivity contribution in [1.82, 2.24) is 0 Å². The standard InChI is InChI=1S/C9H9NO3/c11-9-4-2-6-1-3-7(10(12)13)5-8(6)9/h1,3,5,9,11H,2,4H2/t9-/m1/s1. The molecule has 1 aromatic carbocycles. The van der Waals surface area contributed by atoms with Crippen LogP contribution in [0, 0.1) is 10.1 Å². The summed E-state index contributed by atoms with van der Waals surface area (Å²) >= 11 is 0. The normalized spacial score (nSPS) is 19.9. The van der Waals surface area contributed by atoms with Crippen LogP contribution in [-0.2, 0) is 6.42 Å². The Labute approximate surface area is 75.0 Å². The maximum Gasteiger partial charge on any atom is 0.269 e. The number of hydrogen-bond donors (Lipinski definition) is 1. The molecule has 1 aromatic rings. The number of fused-ring (bicyclic) bond motifs is 1. The molecule has 0 aromatic heterocycles. The van der Waals surface area contributed by atoms with Gasteiger partial charge in [0.25, 0.3) is 5.69 Å². The summed E-state index contributed by atoms with van der Waals surface area (Å²) < 4.78 is 0. The number of nitro benzene ring substituents is 1. The summed E-state index contributed by atoms with van der Waals surface area (Å²) in [6.07, 6.45) is 0.972. The Hall–Kier alpha value is -1.42. The number of aliphatic hydroxyl groups is 1. The smallest absolute Gasteiger partial charge is 0.269 e. The first-order chi connectivity index (χ1) is 6.18. The fourth-order valence-electron chi connectivity index (χ4n) is 1.68. The van der Waals surface area contributed by atoms with E-state index in [1.807, 2.05) is 0 Å². The number of nitro groups is 1. The lowest BCUT2D eigenvalue weighted by atomic mass is 10.1. The number of aryl methyl sites for hydroxylation is 1. The number of non-ortho nitro benzene ring substituents is 1. The molecule has 68 valence electrons. The van der Waals surface area contributed by atoms with Crippen molar-refractivity contribution >= 4 is 5.69 Å². The van der Waals surface area contributed by atoms with E-state index in [2.05, 4.69) is 0 Å². The first-order valence-corrected chi connectivity index (χ1v) is 4.14. The van der Waals surface area contributed by atoms with E-state index in [1.165, 1.54) is 12.1 Å². The van der Waals surface area contributed by atoms with Gasteiger partial charge >= 0.3 is 0 Å². The van der Waals surface area contributed by atoms with Crippen LogP contribution in [0.3, 0.4) is 0 Å². The summed E-state index contributed by atoms with van der Waals surface area (Å²) in [4.78, 5) is 9.99. The molecule has 0 heterocycles. The van der Waals surface area contributed by atoms with Gasteiger partial charge in [-0.1, -0.05) is 6.07 Å². The molecule has 0 spiro atoms. The number of benzene rings is 1. The zero-order valence-electron chi connectivity index (χ0n) is 6.93. The topological polar surface area (TPSA) is 63.4 Å². The average Bonchev–Trinajstić information content (AvgIpc) is 2.47. The Morgan fingerprint density at radius 1 is 1.54 bits per heavy atom. The first kappa shape index (κ1) is 8.19. The van der Waals surface area contributed by atoms with E-state index in [0.717, 1.165) is 12.0 Å². The lowest BCUT2D eigenvalue weighted by Crippen LogP contribution is -1.93. The molecular weight excluding hydrogens is 170 g/mol. The number of aliphatic hydroxyl groups excluding tert-OH is 1. The van der Waals surface area contributed by atoms with Crippen LogP contribution in [0.15, 0.2) is 18.2 Å². The number of nitrogens with zero attached hydrogens (tertiary/aromatic N) is 1. The van der Waals surface area contributed by atoms with Gasteiger partial charge in [0, 0.05) is 12.1 Å². The largest absolute Gasteiger partial charge is 0.388 e. The molecule has 0 radical (unpaired) electrons. The quantitative estimate of drug-likeness (QED) is 0.525. The maximum absolute atomic E-state index is 10.4. The molecule has 13 heavy (non-hydrogen) atoms. The van der Waals surface area contributed by atoms with E-state index >= 15 is 0 Å². The van der Waals surface area contributed by atoms with Crippen molar-refractivity contribution in [2.24, 2.45) is 0 Å². The highest BCUT2D eigenvalue weighted by atomic mass is 16.6. The summed E-state index contributed by atoms with van der Waals surface area (Å²) in [7, 11) is 0. The van der Waals surface area contributed by atoms with Gasteiger partial charge in [0.05, 0.1) is 11.0 Å². The van der Waals surface area contributed by atoms with Crippen molar-refractivity contribution in [3.8, 4) is 0 Å². The highest BCUT2D eigenvalue weighted by Crippen LogP contribution is 2.33.